The van der Waals surface area contributed by atoms with Crippen LogP contribution in [0.25, 0.3) is 22.9 Å². The Bertz CT molecular complexity index is 565. The average molecular weight is 236 g/mol. The highest BCUT2D eigenvalue weighted by atomic mass is 15.3. The molecule has 6 nitrogen and oxygen atoms in total. The van der Waals surface area contributed by atoms with Crippen LogP contribution in [-0.4, -0.2) is 30.4 Å². The Morgan fingerprint density at radius 1 is 0.722 bits per heavy atom. The summed E-state index contributed by atoms with van der Waals surface area (Å²) in [5.74, 6) is 0.853. The molecule has 3 heterocycles. The van der Waals surface area contributed by atoms with Crippen molar-refractivity contribution >= 4 is 0 Å². The van der Waals surface area contributed by atoms with E-state index < -0.39 is 0 Å². The third-order valence-electron chi connectivity index (χ3n) is 2.29. The van der Waals surface area contributed by atoms with Crippen LogP contribution in [0.4, 0.5) is 0 Å². The Morgan fingerprint density at radius 3 is 2.22 bits per heavy atom. The van der Waals surface area contributed by atoms with E-state index in [0.29, 0.717) is 17.3 Å². The Morgan fingerprint density at radius 2 is 1.56 bits per heavy atom. The normalized spacial score (nSPS) is 10.2. The van der Waals surface area contributed by atoms with Crippen LogP contribution in [0.5, 0.6) is 0 Å². The summed E-state index contributed by atoms with van der Waals surface area (Å²) in [7, 11) is 0. The van der Waals surface area contributed by atoms with Crippen molar-refractivity contribution < 1.29 is 0 Å². The maximum Gasteiger partial charge on any atom is 0.221 e. The first-order chi connectivity index (χ1) is 8.93. The summed E-state index contributed by atoms with van der Waals surface area (Å²) in [4.78, 5) is 8.13. The molecule has 0 radical (unpaired) electrons. The molecule has 18 heavy (non-hydrogen) atoms. The molecule has 0 aliphatic rings. The fourth-order valence-electron chi connectivity index (χ4n) is 1.44. The van der Waals surface area contributed by atoms with Gasteiger partial charge in [0.25, 0.3) is 0 Å². The zero-order valence-electron chi connectivity index (χ0n) is 9.30. The Hall–Kier alpha value is -2.76. The van der Waals surface area contributed by atoms with Gasteiger partial charge in [0.2, 0.25) is 11.6 Å². The fraction of sp³-hybridized carbons (Fsp3) is 0. The van der Waals surface area contributed by atoms with Crippen LogP contribution in [0.3, 0.4) is 0 Å². The molecule has 0 N–H and O–H groups in total. The molecule has 0 unspecified atom stereocenters. The van der Waals surface area contributed by atoms with Crippen LogP contribution in [0.1, 0.15) is 0 Å². The van der Waals surface area contributed by atoms with Crippen molar-refractivity contribution in [3.8, 4) is 22.9 Å². The monoisotopic (exact) mass is 236 g/mol. The summed E-state index contributed by atoms with van der Waals surface area (Å²) >= 11 is 0. The van der Waals surface area contributed by atoms with Crippen molar-refractivity contribution in [2.24, 2.45) is 0 Å². The van der Waals surface area contributed by atoms with Crippen molar-refractivity contribution in [2.45, 2.75) is 0 Å². The lowest BCUT2D eigenvalue weighted by molar-refractivity contribution is 0.869. The topological polar surface area (TPSA) is 77.3 Å². The van der Waals surface area contributed by atoms with E-state index in [0.717, 1.165) is 5.56 Å². The molecular formula is C12H8N6. The lowest BCUT2D eigenvalue weighted by Gasteiger charge is -1.98. The SMILES string of the molecule is c1ccc(-c2nnc(-c3cccnc3)nn2)nc1. The number of nitrogens with zero attached hydrogens (tertiary/aromatic N) is 6. The van der Waals surface area contributed by atoms with Crippen LogP contribution in [0, 0.1) is 0 Å². The van der Waals surface area contributed by atoms with Crippen molar-refractivity contribution in [3.63, 3.8) is 0 Å². The summed E-state index contributed by atoms with van der Waals surface area (Å²) in [6.07, 6.45) is 5.03. The number of hydrogen-bond acceptors (Lipinski definition) is 6. The molecule has 6 heteroatoms. The van der Waals surface area contributed by atoms with Crippen molar-refractivity contribution in [1.29, 1.82) is 0 Å². The van der Waals surface area contributed by atoms with Crippen molar-refractivity contribution in [1.82, 2.24) is 30.4 Å². The molecule has 0 bridgehead atoms. The molecule has 0 fully saturated rings. The number of hydrogen-bond donors (Lipinski definition) is 0. The second kappa shape index (κ2) is 4.62. The van der Waals surface area contributed by atoms with Gasteiger partial charge in [-0.3, -0.25) is 9.97 Å². The molecule has 0 saturated heterocycles. The third kappa shape index (κ3) is 2.03. The molecule has 0 aromatic carbocycles. The standard InChI is InChI=1S/C12H8N6/c1-2-7-14-10(5-1)12-17-15-11(16-18-12)9-4-3-6-13-8-9/h1-8H. The molecule has 0 saturated carbocycles. The highest BCUT2D eigenvalue weighted by Gasteiger charge is 2.06. The molecule has 3 aromatic rings. The lowest BCUT2D eigenvalue weighted by atomic mass is 10.3. The van der Waals surface area contributed by atoms with Gasteiger partial charge in [-0.1, -0.05) is 6.07 Å². The van der Waals surface area contributed by atoms with Gasteiger partial charge in [0.1, 0.15) is 5.69 Å². The van der Waals surface area contributed by atoms with Crippen molar-refractivity contribution in [2.75, 3.05) is 0 Å². The Labute approximate surface area is 103 Å². The van der Waals surface area contributed by atoms with Crippen LogP contribution in [0.2, 0.25) is 0 Å². The third-order valence-corrected chi connectivity index (χ3v) is 2.29. The van der Waals surface area contributed by atoms with E-state index in [4.69, 9.17) is 0 Å². The second-order valence-corrected chi connectivity index (χ2v) is 3.50. The second-order valence-electron chi connectivity index (χ2n) is 3.50. The maximum atomic E-state index is 4.13. The van der Waals surface area contributed by atoms with Gasteiger partial charge >= 0.3 is 0 Å². The first-order valence-electron chi connectivity index (χ1n) is 5.33. The molecule has 0 spiro atoms. The molecule has 86 valence electrons. The summed E-state index contributed by atoms with van der Waals surface area (Å²) in [6.45, 7) is 0. The average Bonchev–Trinajstić information content (AvgIpc) is 2.49. The summed E-state index contributed by atoms with van der Waals surface area (Å²) < 4.78 is 0. The molecule has 0 aliphatic heterocycles. The van der Waals surface area contributed by atoms with Crippen LogP contribution < -0.4 is 0 Å². The van der Waals surface area contributed by atoms with E-state index in [1.807, 2.05) is 30.3 Å². The quantitative estimate of drug-likeness (QED) is 0.669. The minimum atomic E-state index is 0.406. The van der Waals surface area contributed by atoms with Gasteiger partial charge in [-0.2, -0.15) is 0 Å². The zero-order chi connectivity index (χ0) is 12.2. The highest BCUT2D eigenvalue weighted by molar-refractivity contribution is 5.53. The lowest BCUT2D eigenvalue weighted by Crippen LogP contribution is -2.00. The minimum Gasteiger partial charge on any atom is -0.264 e. The first kappa shape index (κ1) is 10.4. The first-order valence-corrected chi connectivity index (χ1v) is 5.33. The summed E-state index contributed by atoms with van der Waals surface area (Å²) in [5, 5.41) is 16.1. The van der Waals surface area contributed by atoms with Crippen LogP contribution in [0.15, 0.2) is 48.9 Å². The van der Waals surface area contributed by atoms with Crippen LogP contribution in [-0.2, 0) is 0 Å². The van der Waals surface area contributed by atoms with Gasteiger partial charge in [-0.05, 0) is 24.3 Å². The van der Waals surface area contributed by atoms with Gasteiger partial charge in [-0.15, -0.1) is 20.4 Å². The van der Waals surface area contributed by atoms with E-state index in [9.17, 15) is 0 Å². The van der Waals surface area contributed by atoms with Gasteiger partial charge < -0.3 is 0 Å². The predicted octanol–water partition coefficient (Wildman–Crippen LogP) is 1.39. The Kier molecular flexibility index (Phi) is 2.67. The molecule has 0 amide bonds. The predicted molar refractivity (Wildman–Crippen MR) is 64.1 cm³/mol. The van der Waals surface area contributed by atoms with Crippen molar-refractivity contribution in [3.05, 3.63) is 48.9 Å². The summed E-state index contributed by atoms with van der Waals surface area (Å²) in [6, 6.07) is 9.16. The molecule has 3 aromatic heterocycles. The van der Waals surface area contributed by atoms with Gasteiger partial charge in [0.15, 0.2) is 0 Å². The van der Waals surface area contributed by atoms with E-state index in [1.54, 1.807) is 18.6 Å². The fourth-order valence-corrected chi connectivity index (χ4v) is 1.44. The maximum absolute atomic E-state index is 4.13. The van der Waals surface area contributed by atoms with Gasteiger partial charge in [0.05, 0.1) is 0 Å². The van der Waals surface area contributed by atoms with Crippen LogP contribution >= 0.6 is 0 Å². The van der Waals surface area contributed by atoms with E-state index >= 15 is 0 Å². The number of aromatic nitrogens is 6. The highest BCUT2D eigenvalue weighted by Crippen LogP contribution is 2.12. The minimum absolute atomic E-state index is 0.406. The molecule has 3 rings (SSSR count). The summed E-state index contributed by atoms with van der Waals surface area (Å²) in [5.41, 5.74) is 1.43. The molecular weight excluding hydrogens is 228 g/mol. The van der Waals surface area contributed by atoms with Gasteiger partial charge in [-0.25, -0.2) is 0 Å². The van der Waals surface area contributed by atoms with E-state index in [-0.39, 0.29) is 0 Å². The Balaban J connectivity index is 1.95. The largest absolute Gasteiger partial charge is 0.264 e. The zero-order valence-corrected chi connectivity index (χ0v) is 9.30. The van der Waals surface area contributed by atoms with E-state index in [2.05, 4.69) is 30.4 Å². The smallest absolute Gasteiger partial charge is 0.221 e. The molecule has 0 atom stereocenters. The van der Waals surface area contributed by atoms with Gasteiger partial charge in [0, 0.05) is 24.2 Å². The molecule has 0 aliphatic carbocycles. The number of pyridine rings is 2. The van der Waals surface area contributed by atoms with E-state index in [1.165, 1.54) is 0 Å². The number of rotatable bonds is 2.